The highest BCUT2D eigenvalue weighted by Crippen LogP contribution is 2.22. The lowest BCUT2D eigenvalue weighted by atomic mass is 10.1. The van der Waals surface area contributed by atoms with Gasteiger partial charge in [0.1, 0.15) is 11.5 Å². The molecule has 0 aliphatic rings. The Kier molecular flexibility index (Phi) is 4.56. The maximum atomic E-state index is 12.4. The van der Waals surface area contributed by atoms with Crippen LogP contribution in [0.15, 0.2) is 59.3 Å². The third-order valence-corrected chi connectivity index (χ3v) is 3.52. The zero-order chi connectivity index (χ0) is 16.9. The highest BCUT2D eigenvalue weighted by Gasteiger charge is 2.17. The van der Waals surface area contributed by atoms with Gasteiger partial charge in [-0.1, -0.05) is 0 Å². The van der Waals surface area contributed by atoms with Crippen LogP contribution < -0.4 is 9.47 Å². The monoisotopic (exact) mass is 324 g/mol. The molecule has 1 aromatic heterocycles. The van der Waals surface area contributed by atoms with Crippen molar-refractivity contribution >= 4 is 5.78 Å². The van der Waals surface area contributed by atoms with Crippen LogP contribution in [0.2, 0.25) is 0 Å². The number of hydrogen-bond donors (Lipinski definition) is 0. The van der Waals surface area contributed by atoms with Crippen molar-refractivity contribution in [1.29, 1.82) is 0 Å². The highest BCUT2D eigenvalue weighted by atomic mass is 16.5. The molecule has 3 aromatic rings. The third-order valence-electron chi connectivity index (χ3n) is 3.52. The van der Waals surface area contributed by atoms with Crippen LogP contribution in [0, 0.1) is 0 Å². The molecule has 6 nitrogen and oxygen atoms in total. The SMILES string of the molecule is COc1ccc(C(=O)[C@H](C)Oc2ccc(-c3nnco3)cc2)cc1. The molecule has 6 heteroatoms. The van der Waals surface area contributed by atoms with Crippen LogP contribution in [0.5, 0.6) is 11.5 Å². The molecule has 0 bridgehead atoms. The van der Waals surface area contributed by atoms with Crippen LogP contribution in [0.4, 0.5) is 0 Å². The second-order valence-electron chi connectivity index (χ2n) is 5.12. The topological polar surface area (TPSA) is 74.5 Å². The summed E-state index contributed by atoms with van der Waals surface area (Å²) >= 11 is 0. The molecule has 1 heterocycles. The summed E-state index contributed by atoms with van der Waals surface area (Å²) in [5.74, 6) is 1.63. The molecule has 0 radical (unpaired) electrons. The van der Waals surface area contributed by atoms with Crippen molar-refractivity contribution < 1.29 is 18.7 Å². The molecule has 0 N–H and O–H groups in total. The molecule has 0 aliphatic carbocycles. The van der Waals surface area contributed by atoms with Gasteiger partial charge >= 0.3 is 0 Å². The van der Waals surface area contributed by atoms with Gasteiger partial charge in [-0.05, 0) is 55.5 Å². The van der Waals surface area contributed by atoms with Crippen LogP contribution in [0.3, 0.4) is 0 Å². The first-order chi connectivity index (χ1) is 11.7. The zero-order valence-electron chi connectivity index (χ0n) is 13.3. The number of carbonyl (C=O) groups is 1. The Morgan fingerprint density at radius 2 is 1.71 bits per heavy atom. The van der Waals surface area contributed by atoms with E-state index in [1.807, 2.05) is 0 Å². The normalized spacial score (nSPS) is 11.8. The van der Waals surface area contributed by atoms with Gasteiger partial charge in [-0.15, -0.1) is 10.2 Å². The molecule has 24 heavy (non-hydrogen) atoms. The smallest absolute Gasteiger partial charge is 0.247 e. The van der Waals surface area contributed by atoms with E-state index in [-0.39, 0.29) is 5.78 Å². The highest BCUT2D eigenvalue weighted by molar-refractivity contribution is 5.99. The van der Waals surface area contributed by atoms with Gasteiger partial charge in [0, 0.05) is 11.1 Å². The van der Waals surface area contributed by atoms with Crippen molar-refractivity contribution in [3.63, 3.8) is 0 Å². The Balaban J connectivity index is 1.67. The van der Waals surface area contributed by atoms with Crippen molar-refractivity contribution in [2.75, 3.05) is 7.11 Å². The average molecular weight is 324 g/mol. The average Bonchev–Trinajstić information content (AvgIpc) is 3.16. The summed E-state index contributed by atoms with van der Waals surface area (Å²) in [5.41, 5.74) is 1.36. The van der Waals surface area contributed by atoms with E-state index in [0.717, 1.165) is 5.56 Å². The van der Waals surface area contributed by atoms with Gasteiger partial charge in [0.05, 0.1) is 7.11 Å². The van der Waals surface area contributed by atoms with E-state index in [1.54, 1.807) is 62.6 Å². The molecular formula is C18H16N2O4. The van der Waals surface area contributed by atoms with Crippen LogP contribution >= 0.6 is 0 Å². The fraction of sp³-hybridized carbons (Fsp3) is 0.167. The Morgan fingerprint density at radius 1 is 1.04 bits per heavy atom. The maximum absolute atomic E-state index is 12.4. The summed E-state index contributed by atoms with van der Waals surface area (Å²) in [5, 5.41) is 7.47. The predicted octanol–water partition coefficient (Wildman–Crippen LogP) is 3.40. The number of ether oxygens (including phenoxy) is 2. The fourth-order valence-electron chi connectivity index (χ4n) is 2.22. The number of aromatic nitrogens is 2. The number of ketones is 1. The molecule has 0 saturated heterocycles. The lowest BCUT2D eigenvalue weighted by molar-refractivity contribution is 0.0818. The molecule has 0 fully saturated rings. The first kappa shape index (κ1) is 15.7. The first-order valence-corrected chi connectivity index (χ1v) is 7.39. The summed E-state index contributed by atoms with van der Waals surface area (Å²) < 4.78 is 15.9. The molecule has 3 rings (SSSR count). The van der Waals surface area contributed by atoms with E-state index in [4.69, 9.17) is 13.9 Å². The van der Waals surface area contributed by atoms with Gasteiger partial charge in [0.2, 0.25) is 18.1 Å². The summed E-state index contributed by atoms with van der Waals surface area (Å²) in [6, 6.07) is 14.1. The minimum Gasteiger partial charge on any atom is -0.497 e. The van der Waals surface area contributed by atoms with E-state index in [9.17, 15) is 4.79 Å². The van der Waals surface area contributed by atoms with Crippen molar-refractivity contribution in [3.8, 4) is 23.0 Å². The van der Waals surface area contributed by atoms with Gasteiger partial charge in [0.25, 0.3) is 0 Å². The second kappa shape index (κ2) is 6.95. The predicted molar refractivity (Wildman–Crippen MR) is 87.1 cm³/mol. The zero-order valence-corrected chi connectivity index (χ0v) is 13.3. The maximum Gasteiger partial charge on any atom is 0.247 e. The molecule has 0 aliphatic heterocycles. The van der Waals surface area contributed by atoms with E-state index in [0.29, 0.717) is 23.0 Å². The number of nitrogens with zero attached hydrogens (tertiary/aromatic N) is 2. The molecule has 122 valence electrons. The number of Topliss-reactive ketones (excluding diaryl/α,β-unsaturated/α-hetero) is 1. The van der Waals surface area contributed by atoms with Crippen molar-refractivity contribution in [2.45, 2.75) is 13.0 Å². The number of hydrogen-bond acceptors (Lipinski definition) is 6. The summed E-state index contributed by atoms with van der Waals surface area (Å²) in [7, 11) is 1.58. The van der Waals surface area contributed by atoms with Gasteiger partial charge in [-0.25, -0.2) is 0 Å². The lowest BCUT2D eigenvalue weighted by Gasteiger charge is -2.14. The second-order valence-corrected chi connectivity index (χ2v) is 5.12. The molecule has 0 unspecified atom stereocenters. The number of methoxy groups -OCH3 is 1. The molecule has 2 aromatic carbocycles. The van der Waals surface area contributed by atoms with E-state index >= 15 is 0 Å². The van der Waals surface area contributed by atoms with Crippen LogP contribution in [-0.2, 0) is 0 Å². The summed E-state index contributed by atoms with van der Waals surface area (Å²) in [6.45, 7) is 1.72. The fourth-order valence-corrected chi connectivity index (χ4v) is 2.22. The minimum absolute atomic E-state index is 0.0985. The van der Waals surface area contributed by atoms with Gasteiger partial charge in [-0.3, -0.25) is 4.79 Å². The molecular weight excluding hydrogens is 308 g/mol. The Hall–Kier alpha value is -3.15. The van der Waals surface area contributed by atoms with Gasteiger partial charge in [-0.2, -0.15) is 0 Å². The molecule has 0 spiro atoms. The lowest BCUT2D eigenvalue weighted by Crippen LogP contribution is -2.23. The van der Waals surface area contributed by atoms with Crippen molar-refractivity contribution in [2.24, 2.45) is 0 Å². The quantitative estimate of drug-likeness (QED) is 0.647. The molecule has 0 amide bonds. The van der Waals surface area contributed by atoms with Crippen LogP contribution in [-0.4, -0.2) is 29.2 Å². The molecule has 0 saturated carbocycles. The standard InChI is InChI=1S/C18H16N2O4/c1-12(17(21)13-3-7-15(22-2)8-4-13)24-16-9-5-14(6-10-16)18-20-19-11-23-18/h3-12H,1-2H3/t12-/m0/s1. The first-order valence-electron chi connectivity index (χ1n) is 7.39. The molecule has 1 atom stereocenters. The van der Waals surface area contributed by atoms with E-state index in [2.05, 4.69) is 10.2 Å². The Morgan fingerprint density at radius 3 is 2.29 bits per heavy atom. The Labute approximate surface area is 139 Å². The number of carbonyl (C=O) groups excluding carboxylic acids is 1. The van der Waals surface area contributed by atoms with Gasteiger partial charge < -0.3 is 13.9 Å². The van der Waals surface area contributed by atoms with E-state index < -0.39 is 6.10 Å². The van der Waals surface area contributed by atoms with Crippen molar-refractivity contribution in [3.05, 3.63) is 60.5 Å². The van der Waals surface area contributed by atoms with Crippen LogP contribution in [0.1, 0.15) is 17.3 Å². The summed E-state index contributed by atoms with van der Waals surface area (Å²) in [4.78, 5) is 12.4. The van der Waals surface area contributed by atoms with Crippen molar-refractivity contribution in [1.82, 2.24) is 10.2 Å². The summed E-state index contributed by atoms with van der Waals surface area (Å²) in [6.07, 6.45) is 0.669. The largest absolute Gasteiger partial charge is 0.497 e. The third kappa shape index (κ3) is 3.43. The van der Waals surface area contributed by atoms with Gasteiger partial charge in [0.15, 0.2) is 6.10 Å². The number of rotatable bonds is 6. The Bertz CT molecular complexity index is 796. The minimum atomic E-state index is -0.604. The van der Waals surface area contributed by atoms with Crippen LogP contribution in [0.25, 0.3) is 11.5 Å². The number of benzene rings is 2. The van der Waals surface area contributed by atoms with E-state index in [1.165, 1.54) is 6.39 Å².